The Morgan fingerprint density at radius 1 is 1.33 bits per heavy atom. The number of aryl methyl sites for hydroxylation is 2. The molecule has 3 rings (SSSR count). The zero-order chi connectivity index (χ0) is 12.5. The summed E-state index contributed by atoms with van der Waals surface area (Å²) < 4.78 is 5.69. The number of benzene rings is 1. The van der Waals surface area contributed by atoms with Crippen molar-refractivity contribution in [1.82, 2.24) is 10.3 Å². The minimum absolute atomic E-state index is 0.747. The number of piperazine rings is 1. The van der Waals surface area contributed by atoms with Crippen molar-refractivity contribution in [1.29, 1.82) is 0 Å². The van der Waals surface area contributed by atoms with Crippen LogP contribution in [0.5, 0.6) is 0 Å². The lowest BCUT2D eigenvalue weighted by atomic mass is 10.1. The molecule has 4 nitrogen and oxygen atoms in total. The fourth-order valence-corrected chi connectivity index (χ4v) is 2.57. The van der Waals surface area contributed by atoms with Crippen LogP contribution >= 0.6 is 0 Å². The maximum absolute atomic E-state index is 5.69. The summed E-state index contributed by atoms with van der Waals surface area (Å²) >= 11 is 0. The summed E-state index contributed by atoms with van der Waals surface area (Å²) in [6, 6.07) is 4.40. The van der Waals surface area contributed by atoms with E-state index < -0.39 is 0 Å². The first kappa shape index (κ1) is 11.5. The van der Waals surface area contributed by atoms with E-state index in [1.54, 1.807) is 0 Å². The molecule has 1 N–H and O–H groups in total. The highest BCUT2D eigenvalue weighted by Gasteiger charge is 2.15. The van der Waals surface area contributed by atoms with E-state index in [0.717, 1.165) is 49.6 Å². The Morgan fingerprint density at radius 2 is 2.11 bits per heavy atom. The lowest BCUT2D eigenvalue weighted by molar-refractivity contribution is 0.557. The predicted molar refractivity (Wildman–Crippen MR) is 73.2 cm³/mol. The van der Waals surface area contributed by atoms with Crippen LogP contribution in [0, 0.1) is 6.92 Å². The molecule has 0 radical (unpaired) electrons. The quantitative estimate of drug-likeness (QED) is 0.880. The highest BCUT2D eigenvalue weighted by molar-refractivity contribution is 5.81. The zero-order valence-electron chi connectivity index (χ0n) is 11.0. The minimum atomic E-state index is 0.747. The van der Waals surface area contributed by atoms with Gasteiger partial charge in [0.15, 0.2) is 11.5 Å². The van der Waals surface area contributed by atoms with Gasteiger partial charge in [0.1, 0.15) is 5.52 Å². The molecule has 1 fully saturated rings. The lowest BCUT2D eigenvalue weighted by Crippen LogP contribution is -2.43. The van der Waals surface area contributed by atoms with Gasteiger partial charge in [-0.25, -0.2) is 4.98 Å². The Labute approximate surface area is 107 Å². The van der Waals surface area contributed by atoms with Crippen molar-refractivity contribution in [2.45, 2.75) is 20.3 Å². The molecule has 1 aliphatic heterocycles. The molecular weight excluding hydrogens is 226 g/mol. The first-order chi connectivity index (χ1) is 8.78. The minimum Gasteiger partial charge on any atom is -0.441 e. The van der Waals surface area contributed by atoms with Gasteiger partial charge in [0.2, 0.25) is 0 Å². The molecule has 0 spiro atoms. The molecule has 1 aliphatic rings. The van der Waals surface area contributed by atoms with Crippen LogP contribution in [0.15, 0.2) is 16.5 Å². The van der Waals surface area contributed by atoms with Gasteiger partial charge < -0.3 is 14.6 Å². The molecule has 1 aromatic carbocycles. The van der Waals surface area contributed by atoms with Crippen LogP contribution in [0.2, 0.25) is 0 Å². The van der Waals surface area contributed by atoms with E-state index >= 15 is 0 Å². The summed E-state index contributed by atoms with van der Waals surface area (Å²) in [5, 5.41) is 3.38. The first-order valence-electron chi connectivity index (χ1n) is 6.63. The fraction of sp³-hybridized carbons (Fsp3) is 0.500. The lowest BCUT2D eigenvalue weighted by Gasteiger charge is -2.29. The number of hydrogen-bond acceptors (Lipinski definition) is 4. The number of hydrogen-bond donors (Lipinski definition) is 1. The maximum atomic E-state index is 5.69. The van der Waals surface area contributed by atoms with Crippen LogP contribution in [0.1, 0.15) is 18.4 Å². The van der Waals surface area contributed by atoms with E-state index in [0.29, 0.717) is 0 Å². The van der Waals surface area contributed by atoms with Gasteiger partial charge in [0.25, 0.3) is 0 Å². The Kier molecular flexibility index (Phi) is 2.96. The van der Waals surface area contributed by atoms with Gasteiger partial charge in [-0.15, -0.1) is 0 Å². The molecule has 0 saturated carbocycles. The topological polar surface area (TPSA) is 41.3 Å². The second kappa shape index (κ2) is 4.61. The van der Waals surface area contributed by atoms with E-state index in [4.69, 9.17) is 4.42 Å². The van der Waals surface area contributed by atoms with Gasteiger partial charge in [-0.05, 0) is 24.1 Å². The first-order valence-corrected chi connectivity index (χ1v) is 6.63. The second-order valence-corrected chi connectivity index (χ2v) is 4.78. The number of aromatic nitrogens is 1. The van der Waals surface area contributed by atoms with Crippen molar-refractivity contribution < 1.29 is 4.42 Å². The third-order valence-electron chi connectivity index (χ3n) is 3.52. The van der Waals surface area contributed by atoms with Gasteiger partial charge in [0.05, 0.1) is 0 Å². The smallest absolute Gasteiger partial charge is 0.192 e. The van der Waals surface area contributed by atoms with E-state index in [9.17, 15) is 0 Å². The summed E-state index contributed by atoms with van der Waals surface area (Å²) in [5.41, 5.74) is 4.46. The standard InChI is InChI=1S/C14H19N3O/c1-3-11-8-12(17-6-4-15-5-7-17)9-13-14(11)18-10(2)16-13/h8-9,15H,3-7H2,1-2H3. The van der Waals surface area contributed by atoms with Crippen molar-refractivity contribution in [3.63, 3.8) is 0 Å². The number of fused-ring (bicyclic) bond motifs is 1. The number of oxazole rings is 1. The molecule has 1 saturated heterocycles. The second-order valence-electron chi connectivity index (χ2n) is 4.78. The van der Waals surface area contributed by atoms with Crippen molar-refractivity contribution in [2.24, 2.45) is 0 Å². The van der Waals surface area contributed by atoms with Gasteiger partial charge in [0, 0.05) is 38.8 Å². The van der Waals surface area contributed by atoms with E-state index in [2.05, 4.69) is 34.3 Å². The van der Waals surface area contributed by atoms with Crippen molar-refractivity contribution in [3.05, 3.63) is 23.6 Å². The van der Waals surface area contributed by atoms with Crippen LogP contribution in [-0.2, 0) is 6.42 Å². The summed E-state index contributed by atoms with van der Waals surface area (Å²) in [5.74, 6) is 0.747. The zero-order valence-corrected chi connectivity index (χ0v) is 11.0. The van der Waals surface area contributed by atoms with Gasteiger partial charge in [-0.2, -0.15) is 0 Å². The Morgan fingerprint density at radius 3 is 2.83 bits per heavy atom. The summed E-state index contributed by atoms with van der Waals surface area (Å²) in [7, 11) is 0. The van der Waals surface area contributed by atoms with Crippen molar-refractivity contribution in [2.75, 3.05) is 31.1 Å². The van der Waals surface area contributed by atoms with Crippen LogP contribution in [-0.4, -0.2) is 31.2 Å². The number of rotatable bonds is 2. The van der Waals surface area contributed by atoms with Crippen LogP contribution in [0.25, 0.3) is 11.1 Å². The van der Waals surface area contributed by atoms with Crippen molar-refractivity contribution >= 4 is 16.8 Å². The third-order valence-corrected chi connectivity index (χ3v) is 3.52. The highest BCUT2D eigenvalue weighted by atomic mass is 16.3. The molecule has 0 bridgehead atoms. The Balaban J connectivity index is 2.06. The monoisotopic (exact) mass is 245 g/mol. The Hall–Kier alpha value is -1.55. The summed E-state index contributed by atoms with van der Waals surface area (Å²) in [6.07, 6.45) is 0.977. The summed E-state index contributed by atoms with van der Waals surface area (Å²) in [4.78, 5) is 6.88. The third kappa shape index (κ3) is 1.97. The predicted octanol–water partition coefficient (Wildman–Crippen LogP) is 2.11. The van der Waals surface area contributed by atoms with Gasteiger partial charge >= 0.3 is 0 Å². The Bertz CT molecular complexity index is 555. The molecule has 2 heterocycles. The molecule has 0 atom stereocenters. The van der Waals surface area contributed by atoms with Crippen LogP contribution < -0.4 is 10.2 Å². The molecule has 0 unspecified atom stereocenters. The molecule has 2 aromatic rings. The molecule has 0 aliphatic carbocycles. The van der Waals surface area contributed by atoms with E-state index in [1.807, 2.05) is 6.92 Å². The van der Waals surface area contributed by atoms with Crippen molar-refractivity contribution in [3.8, 4) is 0 Å². The van der Waals surface area contributed by atoms with Crippen LogP contribution in [0.3, 0.4) is 0 Å². The normalized spacial score (nSPS) is 16.4. The van der Waals surface area contributed by atoms with Gasteiger partial charge in [-0.3, -0.25) is 0 Å². The largest absolute Gasteiger partial charge is 0.441 e. The van der Waals surface area contributed by atoms with Gasteiger partial charge in [-0.1, -0.05) is 6.92 Å². The van der Waals surface area contributed by atoms with E-state index in [1.165, 1.54) is 11.3 Å². The number of nitrogens with zero attached hydrogens (tertiary/aromatic N) is 2. The fourth-order valence-electron chi connectivity index (χ4n) is 2.57. The van der Waals surface area contributed by atoms with Crippen LogP contribution in [0.4, 0.5) is 5.69 Å². The average Bonchev–Trinajstić information content (AvgIpc) is 2.78. The number of anilines is 1. The molecule has 1 aromatic heterocycles. The molecule has 4 heteroatoms. The maximum Gasteiger partial charge on any atom is 0.192 e. The molecule has 96 valence electrons. The number of nitrogens with one attached hydrogen (secondary N) is 1. The van der Waals surface area contributed by atoms with E-state index in [-0.39, 0.29) is 0 Å². The highest BCUT2D eigenvalue weighted by Crippen LogP contribution is 2.27. The molecule has 18 heavy (non-hydrogen) atoms. The SMILES string of the molecule is CCc1cc(N2CCNCC2)cc2nc(C)oc12. The average molecular weight is 245 g/mol. The summed E-state index contributed by atoms with van der Waals surface area (Å²) in [6.45, 7) is 8.30. The molecule has 0 amide bonds. The molecular formula is C14H19N3O.